The molecule has 0 saturated heterocycles. The first-order valence-electron chi connectivity index (χ1n) is 26.4. The van der Waals surface area contributed by atoms with Crippen LogP contribution >= 0.6 is 45.3 Å². The molecule has 0 aliphatic rings. The third-order valence-corrected chi connectivity index (χ3v) is 20.6. The van der Waals surface area contributed by atoms with Crippen LogP contribution in [0.1, 0.15) is 0 Å². The molecule has 6 aromatic heterocycles. The summed E-state index contributed by atoms with van der Waals surface area (Å²) in [6, 6.07) is 93.5. The first-order chi connectivity index (χ1) is 38.6. The smallest absolute Gasteiger partial charge is 0.0727 e. The average Bonchev–Trinajstić information content (AvgIpc) is 4.46. The highest BCUT2D eigenvalue weighted by Crippen LogP contribution is 2.48. The van der Waals surface area contributed by atoms with Crippen LogP contribution in [0.15, 0.2) is 255 Å². The summed E-state index contributed by atoms with van der Waals surface area (Å²) in [5, 5.41) is 15.9. The molecule has 0 N–H and O–H groups in total. The Morgan fingerprint density at radius 1 is 0.231 bits per heavy atom. The van der Waals surface area contributed by atoms with E-state index in [4.69, 9.17) is 0 Å². The maximum atomic E-state index is 2.44. The van der Waals surface area contributed by atoms with Gasteiger partial charge in [0.25, 0.3) is 0 Å². The molecule has 0 radical (unpaired) electrons. The predicted octanol–water partition coefficient (Wildman–Crippen LogP) is 22.4. The first-order valence-corrected chi connectivity index (χ1v) is 29.6. The number of aromatic nitrogens is 2. The molecule has 6 heteroatoms. The largest absolute Gasteiger partial charge is 0.308 e. The Morgan fingerprint density at radius 3 is 1.21 bits per heavy atom. The topological polar surface area (TPSA) is 9.86 Å². The van der Waals surface area contributed by atoms with E-state index in [1.165, 1.54) is 158 Å². The van der Waals surface area contributed by atoms with E-state index in [2.05, 4.69) is 264 Å². The molecule has 0 spiro atoms. The highest BCUT2D eigenvalue weighted by molar-refractivity contribution is 7.28. The second-order valence-corrected chi connectivity index (χ2v) is 24.6. The molecule has 18 aromatic rings. The number of rotatable bonds is 4. The van der Waals surface area contributed by atoms with Gasteiger partial charge in [0, 0.05) is 82.7 Å². The summed E-state index contributed by atoms with van der Waals surface area (Å²) in [6.45, 7) is 0. The second kappa shape index (κ2) is 17.3. The number of nitrogens with zero attached hydrogens (tertiary/aromatic N) is 2. The summed E-state index contributed by atoms with van der Waals surface area (Å²) >= 11 is 7.62. The molecular formula is C72H42N2S4. The van der Waals surface area contributed by atoms with Gasteiger partial charge in [-0.3, -0.25) is 0 Å². The Labute approximate surface area is 463 Å². The summed E-state index contributed by atoms with van der Waals surface area (Å²) < 4.78 is 15.6. The molecule has 0 fully saturated rings. The molecule has 0 bridgehead atoms. The summed E-state index contributed by atoms with van der Waals surface area (Å²) in [7, 11) is 0. The maximum absolute atomic E-state index is 2.44. The van der Waals surface area contributed by atoms with E-state index in [-0.39, 0.29) is 0 Å². The van der Waals surface area contributed by atoms with Gasteiger partial charge < -0.3 is 9.13 Å². The molecule has 0 atom stereocenters. The molecule has 0 unspecified atom stereocenters. The van der Waals surface area contributed by atoms with E-state index >= 15 is 0 Å². The number of hydrogen-bond donors (Lipinski definition) is 0. The molecule has 6 heterocycles. The van der Waals surface area contributed by atoms with Gasteiger partial charge in [-0.1, -0.05) is 176 Å². The molecule has 0 aliphatic heterocycles. The maximum Gasteiger partial charge on any atom is 0.0727 e. The Morgan fingerprint density at radius 2 is 0.641 bits per heavy atom. The first kappa shape index (κ1) is 44.3. The number of para-hydroxylation sites is 4. The lowest BCUT2D eigenvalue weighted by molar-refractivity contribution is 1.19. The second-order valence-electron chi connectivity index (χ2n) is 20.3. The van der Waals surface area contributed by atoms with Crippen molar-refractivity contribution in [3.8, 4) is 33.6 Å². The van der Waals surface area contributed by atoms with Crippen LogP contribution in [0.25, 0.3) is 158 Å². The van der Waals surface area contributed by atoms with Crippen molar-refractivity contribution < 1.29 is 0 Å². The number of hydrogen-bond acceptors (Lipinski definition) is 4. The number of benzene rings is 12. The fourth-order valence-corrected chi connectivity index (χ4v) is 17.3. The Kier molecular flexibility index (Phi) is 9.83. The number of thiophene rings is 4. The van der Waals surface area contributed by atoms with Crippen molar-refractivity contribution in [1.29, 1.82) is 0 Å². The van der Waals surface area contributed by atoms with Crippen LogP contribution in [0.5, 0.6) is 0 Å². The highest BCUT2D eigenvalue weighted by Gasteiger charge is 2.21. The van der Waals surface area contributed by atoms with E-state index in [0.29, 0.717) is 0 Å². The zero-order valence-electron chi connectivity index (χ0n) is 41.8. The third-order valence-electron chi connectivity index (χ3n) is 15.9. The van der Waals surface area contributed by atoms with Gasteiger partial charge in [0.05, 0.1) is 31.5 Å². The highest BCUT2D eigenvalue weighted by atomic mass is 32.1. The molecule has 2 nitrogen and oxygen atoms in total. The minimum atomic E-state index is 1.20. The fourth-order valence-electron chi connectivity index (χ4n) is 12.3. The van der Waals surface area contributed by atoms with Crippen LogP contribution in [0.2, 0.25) is 0 Å². The van der Waals surface area contributed by atoms with Crippen molar-refractivity contribution in [3.05, 3.63) is 255 Å². The Hall–Kier alpha value is -8.88. The van der Waals surface area contributed by atoms with Gasteiger partial charge >= 0.3 is 0 Å². The average molecular weight is 1060 g/mol. The lowest BCUT2D eigenvalue weighted by Crippen LogP contribution is -1.92. The third kappa shape index (κ3) is 6.77. The molecular weight excluding hydrogens is 1020 g/mol. The van der Waals surface area contributed by atoms with Gasteiger partial charge in [0.15, 0.2) is 0 Å². The lowest BCUT2D eigenvalue weighted by atomic mass is 10.0. The van der Waals surface area contributed by atoms with E-state index in [1.54, 1.807) is 0 Å². The fraction of sp³-hybridized carbons (Fsp3) is 0. The van der Waals surface area contributed by atoms with Gasteiger partial charge in [-0.25, -0.2) is 0 Å². The molecule has 18 rings (SSSR count). The van der Waals surface area contributed by atoms with E-state index in [1.807, 2.05) is 45.3 Å². The standard InChI is InChI=1S/2C36H21NS2/c1-2-11-25(12-3-1)37-31-16-7-6-13-28(31)36-34(37)29-15-8-14-26(35(29)39-36)24-17-18-27-30-19-22-9-4-5-10-23(22)20-33(30)38-32(27)21-24;1-2-10-26(11-3-1)37-31-13-7-6-12-28(31)36-35(37)29-17-15-25(21-33(29)39-36)24-14-16-27-30-18-22-8-4-5-9-23(22)19-34(30)38-32(27)20-24/h2*1-21H. The monoisotopic (exact) mass is 1060 g/mol. The van der Waals surface area contributed by atoms with Gasteiger partial charge in [-0.05, 0) is 123 Å². The van der Waals surface area contributed by atoms with Crippen molar-refractivity contribution in [3.63, 3.8) is 0 Å². The normalized spacial score (nSPS) is 12.1. The van der Waals surface area contributed by atoms with Crippen molar-refractivity contribution in [1.82, 2.24) is 9.13 Å². The van der Waals surface area contributed by atoms with Crippen molar-refractivity contribution in [2.24, 2.45) is 0 Å². The molecule has 0 aliphatic carbocycles. The van der Waals surface area contributed by atoms with Crippen LogP contribution in [0.4, 0.5) is 0 Å². The molecule has 12 aromatic carbocycles. The molecule has 0 amide bonds. The van der Waals surface area contributed by atoms with Crippen LogP contribution in [-0.4, -0.2) is 9.13 Å². The van der Waals surface area contributed by atoms with Crippen molar-refractivity contribution >= 4 is 170 Å². The van der Waals surface area contributed by atoms with Gasteiger partial charge in [-0.15, -0.1) is 45.3 Å². The predicted molar refractivity (Wildman–Crippen MR) is 344 cm³/mol. The van der Waals surface area contributed by atoms with Crippen LogP contribution < -0.4 is 0 Å². The summed E-state index contributed by atoms with van der Waals surface area (Å²) in [6.07, 6.45) is 0. The number of fused-ring (bicyclic) bond motifs is 18. The van der Waals surface area contributed by atoms with Gasteiger partial charge in [0.2, 0.25) is 0 Å². The Bertz CT molecular complexity index is 5450. The van der Waals surface area contributed by atoms with Crippen molar-refractivity contribution in [2.75, 3.05) is 0 Å². The summed E-state index contributed by atoms with van der Waals surface area (Å²) in [4.78, 5) is 0. The van der Waals surface area contributed by atoms with E-state index in [0.717, 1.165) is 0 Å². The lowest BCUT2D eigenvalue weighted by Gasteiger charge is -2.09. The van der Waals surface area contributed by atoms with Crippen LogP contribution in [-0.2, 0) is 0 Å². The Balaban J connectivity index is 0.000000126. The zero-order valence-corrected chi connectivity index (χ0v) is 45.0. The molecule has 364 valence electrons. The SMILES string of the molecule is c1ccc(-n2c3ccccc3c3sc4c(-c5ccc6c(c5)sc5cc7ccccc7cc56)cccc4c32)cc1.c1ccc(-n2c3ccccc3c3sc4cc(-c5ccc6c(c5)sc5cc7ccccc7cc56)ccc4c32)cc1. The van der Waals surface area contributed by atoms with Crippen LogP contribution in [0.3, 0.4) is 0 Å². The molecule has 0 saturated carbocycles. The summed E-state index contributed by atoms with van der Waals surface area (Å²) in [5.41, 5.74) is 12.7. The van der Waals surface area contributed by atoms with E-state index < -0.39 is 0 Å². The summed E-state index contributed by atoms with van der Waals surface area (Å²) in [5.74, 6) is 0. The van der Waals surface area contributed by atoms with Gasteiger partial charge in [0.1, 0.15) is 0 Å². The van der Waals surface area contributed by atoms with E-state index in [9.17, 15) is 0 Å². The zero-order chi connectivity index (χ0) is 51.0. The van der Waals surface area contributed by atoms with Crippen molar-refractivity contribution in [2.45, 2.75) is 0 Å². The molecule has 78 heavy (non-hydrogen) atoms. The van der Waals surface area contributed by atoms with Gasteiger partial charge in [-0.2, -0.15) is 0 Å². The van der Waals surface area contributed by atoms with Crippen LogP contribution in [0, 0.1) is 0 Å². The minimum Gasteiger partial charge on any atom is -0.308 e. The quantitative estimate of drug-likeness (QED) is 0.166. The minimum absolute atomic E-state index is 1.20.